The monoisotopic (exact) mass is 258 g/mol. The Morgan fingerprint density at radius 1 is 1.41 bits per heavy atom. The highest BCUT2D eigenvalue weighted by atomic mass is 32.2. The van der Waals surface area contributed by atoms with E-state index in [0.29, 0.717) is 31.0 Å². The number of oxazole rings is 1. The summed E-state index contributed by atoms with van der Waals surface area (Å²) in [5, 5.41) is 0. The number of rotatable bonds is 2. The van der Waals surface area contributed by atoms with Gasteiger partial charge in [0.2, 0.25) is 5.89 Å². The van der Waals surface area contributed by atoms with Gasteiger partial charge < -0.3 is 10.2 Å². The van der Waals surface area contributed by atoms with Crippen molar-refractivity contribution in [2.75, 3.05) is 11.5 Å². The van der Waals surface area contributed by atoms with Crippen LogP contribution >= 0.6 is 0 Å². The molecule has 0 aliphatic carbocycles. The van der Waals surface area contributed by atoms with Crippen molar-refractivity contribution in [3.63, 3.8) is 0 Å². The van der Waals surface area contributed by atoms with E-state index in [-0.39, 0.29) is 16.9 Å². The lowest BCUT2D eigenvalue weighted by molar-refractivity contribution is 0.308. The predicted molar refractivity (Wildman–Crippen MR) is 64.4 cm³/mol. The molecule has 0 atom stereocenters. The third kappa shape index (κ3) is 2.37. The van der Waals surface area contributed by atoms with E-state index in [1.165, 1.54) is 0 Å². The van der Waals surface area contributed by atoms with Gasteiger partial charge in [-0.05, 0) is 19.8 Å². The van der Waals surface area contributed by atoms with Crippen molar-refractivity contribution in [2.45, 2.75) is 38.6 Å². The topological polar surface area (TPSA) is 86.2 Å². The van der Waals surface area contributed by atoms with Crippen LogP contribution in [0.3, 0.4) is 0 Å². The number of aryl methyl sites for hydroxylation is 1. The van der Waals surface area contributed by atoms with E-state index in [4.69, 9.17) is 10.2 Å². The highest BCUT2D eigenvalue weighted by Crippen LogP contribution is 2.36. The molecule has 6 heteroatoms. The fraction of sp³-hybridized carbons (Fsp3) is 0.727. The summed E-state index contributed by atoms with van der Waals surface area (Å²) in [6.45, 7) is 4.19. The van der Waals surface area contributed by atoms with Crippen LogP contribution in [0.15, 0.2) is 4.42 Å². The largest absolute Gasteiger partial charge is 0.443 e. The quantitative estimate of drug-likeness (QED) is 0.852. The van der Waals surface area contributed by atoms with E-state index < -0.39 is 9.84 Å². The number of nitrogens with two attached hydrogens (primary N) is 1. The minimum atomic E-state index is -2.86. The Balaban J connectivity index is 2.27. The fourth-order valence-electron chi connectivity index (χ4n) is 2.08. The van der Waals surface area contributed by atoms with Crippen molar-refractivity contribution in [3.8, 4) is 0 Å². The molecule has 1 aliphatic heterocycles. The first kappa shape index (κ1) is 12.6. The fourth-order valence-corrected chi connectivity index (χ4v) is 3.81. The zero-order chi connectivity index (χ0) is 12.7. The van der Waals surface area contributed by atoms with E-state index in [1.807, 2.05) is 13.8 Å². The molecule has 1 aromatic rings. The summed E-state index contributed by atoms with van der Waals surface area (Å²) in [5.41, 5.74) is 6.08. The number of hydrogen-bond acceptors (Lipinski definition) is 5. The van der Waals surface area contributed by atoms with Gasteiger partial charge in [0, 0.05) is 5.41 Å². The van der Waals surface area contributed by atoms with Crippen molar-refractivity contribution in [2.24, 2.45) is 5.73 Å². The average Bonchev–Trinajstić information content (AvgIpc) is 2.65. The highest BCUT2D eigenvalue weighted by Gasteiger charge is 2.38. The van der Waals surface area contributed by atoms with Crippen molar-refractivity contribution in [1.29, 1.82) is 0 Å². The van der Waals surface area contributed by atoms with E-state index in [2.05, 4.69) is 4.98 Å². The highest BCUT2D eigenvalue weighted by molar-refractivity contribution is 7.91. The molecule has 1 aliphatic rings. The first-order chi connectivity index (χ1) is 7.86. The van der Waals surface area contributed by atoms with Gasteiger partial charge in [0.15, 0.2) is 0 Å². The van der Waals surface area contributed by atoms with Crippen molar-refractivity contribution in [3.05, 3.63) is 17.3 Å². The normalized spacial score (nSPS) is 22.5. The van der Waals surface area contributed by atoms with Crippen molar-refractivity contribution in [1.82, 2.24) is 4.98 Å². The van der Waals surface area contributed by atoms with Gasteiger partial charge in [0.25, 0.3) is 0 Å². The molecule has 1 saturated heterocycles. The van der Waals surface area contributed by atoms with E-state index in [9.17, 15) is 8.42 Å². The van der Waals surface area contributed by atoms with Crippen LogP contribution in [0.2, 0.25) is 0 Å². The van der Waals surface area contributed by atoms with Crippen LogP contribution in [0.4, 0.5) is 0 Å². The lowest BCUT2D eigenvalue weighted by Crippen LogP contribution is -2.34. The maximum Gasteiger partial charge on any atom is 0.200 e. The summed E-state index contributed by atoms with van der Waals surface area (Å²) in [6.07, 6.45) is 1.14. The lowest BCUT2D eigenvalue weighted by Gasteiger charge is -2.30. The lowest BCUT2D eigenvalue weighted by atomic mass is 9.84. The summed E-state index contributed by atoms with van der Waals surface area (Å²) in [7, 11) is -2.86. The molecule has 96 valence electrons. The Hall–Kier alpha value is -0.880. The molecule has 0 spiro atoms. The van der Waals surface area contributed by atoms with Gasteiger partial charge in [-0.25, -0.2) is 13.4 Å². The third-order valence-electron chi connectivity index (χ3n) is 3.52. The van der Waals surface area contributed by atoms with Crippen LogP contribution in [-0.4, -0.2) is 24.9 Å². The number of sulfone groups is 1. The SMILES string of the molecule is Cc1nc(C2(C)CCS(=O)(=O)CC2)oc1CN. The van der Waals surface area contributed by atoms with Crippen LogP contribution in [0.5, 0.6) is 0 Å². The summed E-state index contributed by atoms with van der Waals surface area (Å²) in [6, 6.07) is 0. The first-order valence-electron chi connectivity index (χ1n) is 5.74. The number of hydrogen-bond donors (Lipinski definition) is 1. The molecule has 17 heavy (non-hydrogen) atoms. The molecule has 5 nitrogen and oxygen atoms in total. The molecular formula is C11H18N2O3S. The molecule has 0 saturated carbocycles. The summed E-state index contributed by atoms with van der Waals surface area (Å²) in [5.74, 6) is 1.74. The van der Waals surface area contributed by atoms with Crippen molar-refractivity contribution >= 4 is 9.84 Å². The minimum Gasteiger partial charge on any atom is -0.443 e. The van der Waals surface area contributed by atoms with Crippen LogP contribution < -0.4 is 5.73 Å². The molecule has 0 amide bonds. The van der Waals surface area contributed by atoms with Gasteiger partial charge in [0.1, 0.15) is 15.6 Å². The molecule has 0 aromatic carbocycles. The Morgan fingerprint density at radius 3 is 2.47 bits per heavy atom. The Bertz CT molecular complexity index is 505. The van der Waals surface area contributed by atoms with Gasteiger partial charge >= 0.3 is 0 Å². The average molecular weight is 258 g/mol. The van der Waals surface area contributed by atoms with E-state index >= 15 is 0 Å². The van der Waals surface area contributed by atoms with Gasteiger partial charge in [-0.15, -0.1) is 0 Å². The maximum atomic E-state index is 11.4. The van der Waals surface area contributed by atoms with Gasteiger partial charge in [-0.2, -0.15) is 0 Å². The van der Waals surface area contributed by atoms with Gasteiger partial charge in [-0.1, -0.05) is 6.92 Å². The second-order valence-electron chi connectivity index (χ2n) is 4.94. The molecule has 0 radical (unpaired) electrons. The molecule has 0 bridgehead atoms. The second kappa shape index (κ2) is 4.10. The molecule has 2 N–H and O–H groups in total. The van der Waals surface area contributed by atoms with Gasteiger partial charge in [0.05, 0.1) is 23.7 Å². The molecule has 2 heterocycles. The van der Waals surface area contributed by atoms with Crippen LogP contribution in [0, 0.1) is 6.92 Å². The van der Waals surface area contributed by atoms with E-state index in [1.54, 1.807) is 0 Å². The Morgan fingerprint density at radius 2 is 2.00 bits per heavy atom. The smallest absolute Gasteiger partial charge is 0.200 e. The van der Waals surface area contributed by atoms with Crippen LogP contribution in [0.1, 0.15) is 37.1 Å². The number of nitrogens with zero attached hydrogens (tertiary/aromatic N) is 1. The zero-order valence-electron chi connectivity index (χ0n) is 10.2. The number of aromatic nitrogens is 1. The second-order valence-corrected chi connectivity index (χ2v) is 7.25. The van der Waals surface area contributed by atoms with Gasteiger partial charge in [-0.3, -0.25) is 0 Å². The third-order valence-corrected chi connectivity index (χ3v) is 5.18. The minimum absolute atomic E-state index is 0.211. The standard InChI is InChI=1S/C11H18N2O3S/c1-8-9(7-12)16-10(13-8)11(2)3-5-17(14,15)6-4-11/h3-7,12H2,1-2H3. The summed E-state index contributed by atoms with van der Waals surface area (Å²) >= 11 is 0. The molecule has 1 aromatic heterocycles. The Labute approximate surface area is 101 Å². The van der Waals surface area contributed by atoms with Crippen LogP contribution in [0.25, 0.3) is 0 Å². The van der Waals surface area contributed by atoms with E-state index in [0.717, 1.165) is 5.69 Å². The maximum absolute atomic E-state index is 11.4. The van der Waals surface area contributed by atoms with Crippen molar-refractivity contribution < 1.29 is 12.8 Å². The predicted octanol–water partition coefficient (Wildman–Crippen LogP) is 0.908. The van der Waals surface area contributed by atoms with Crippen LogP contribution in [-0.2, 0) is 21.8 Å². The zero-order valence-corrected chi connectivity index (χ0v) is 11.0. The molecule has 2 rings (SSSR count). The Kier molecular flexibility index (Phi) is 3.03. The summed E-state index contributed by atoms with van der Waals surface area (Å²) in [4.78, 5) is 4.38. The first-order valence-corrected chi connectivity index (χ1v) is 7.56. The molecular weight excluding hydrogens is 240 g/mol. The summed E-state index contributed by atoms with van der Waals surface area (Å²) < 4.78 is 28.5. The molecule has 1 fully saturated rings. The molecule has 0 unspecified atom stereocenters.